The molecule has 44 heavy (non-hydrogen) atoms. The Morgan fingerprint density at radius 2 is 1.82 bits per heavy atom. The van der Waals surface area contributed by atoms with Crippen LogP contribution in [-0.4, -0.2) is 88.9 Å². The number of quaternary nitrogens is 1. The molecule has 1 aliphatic heterocycles. The van der Waals surface area contributed by atoms with Gasteiger partial charge in [-0.05, 0) is 74.6 Å². The molecule has 11 nitrogen and oxygen atoms in total. The minimum atomic E-state index is -4.57. The molecule has 0 aromatic heterocycles. The smallest absolute Gasteiger partial charge is 0.467 e. The normalized spacial score (nSPS) is 24.3. The molecule has 4 N–H and O–H groups in total. The van der Waals surface area contributed by atoms with Gasteiger partial charge in [0.25, 0.3) is 0 Å². The number of aliphatic hydroxyl groups excluding tert-OH is 2. The number of hydrogen-bond acceptors (Lipinski definition) is 8. The fourth-order valence-corrected chi connectivity index (χ4v) is 6.73. The van der Waals surface area contributed by atoms with E-state index in [9.17, 15) is 19.6 Å². The Balaban J connectivity index is 1.26. The number of ether oxygens (including phenoxy) is 3. The Labute approximate surface area is 262 Å². The maximum Gasteiger partial charge on any atom is 0.472 e. The summed E-state index contributed by atoms with van der Waals surface area (Å²) in [5.41, 5.74) is 1.05. The van der Waals surface area contributed by atoms with Crippen molar-refractivity contribution in [2.24, 2.45) is 11.8 Å². The summed E-state index contributed by atoms with van der Waals surface area (Å²) >= 11 is 0. The third kappa shape index (κ3) is 13.4. The molecular weight excluding hydrogens is 589 g/mol. The first-order valence-electron chi connectivity index (χ1n) is 16.3. The topological polar surface area (TPSA) is 152 Å². The van der Waals surface area contributed by atoms with E-state index >= 15 is 0 Å². The van der Waals surface area contributed by atoms with Crippen molar-refractivity contribution in [3.8, 4) is 5.75 Å². The van der Waals surface area contributed by atoms with Crippen LogP contribution >= 0.6 is 7.82 Å². The number of carbonyl (C=O) groups is 1. The summed E-state index contributed by atoms with van der Waals surface area (Å²) in [6, 6.07) is 7.18. The number of phosphoric ester groups is 1. The predicted molar refractivity (Wildman–Crippen MR) is 165 cm³/mol. The molecular formula is C32H55NO10P+. The number of nitrogens with zero attached hydrogens (tertiary/aromatic N) is 1. The zero-order valence-electron chi connectivity index (χ0n) is 26.7. The van der Waals surface area contributed by atoms with Gasteiger partial charge in [0.05, 0.1) is 38.5 Å². The summed E-state index contributed by atoms with van der Waals surface area (Å²) in [5, 5.41) is 20.9. The summed E-state index contributed by atoms with van der Waals surface area (Å²) in [6.45, 7) is 3.32. The molecule has 3 rings (SSSR count). The van der Waals surface area contributed by atoms with Gasteiger partial charge in [-0.25, -0.2) is 9.09 Å². The highest BCUT2D eigenvalue weighted by Gasteiger charge is 2.48. The number of hydrogen-bond donors (Lipinski definition) is 4. The van der Waals surface area contributed by atoms with E-state index in [0.29, 0.717) is 48.7 Å². The first kappa shape index (κ1) is 36.9. The van der Waals surface area contributed by atoms with Gasteiger partial charge >= 0.3 is 13.8 Å². The van der Waals surface area contributed by atoms with Crippen LogP contribution < -0.4 is 4.74 Å². The summed E-state index contributed by atoms with van der Waals surface area (Å²) in [7, 11) is -0.452. The largest absolute Gasteiger partial charge is 0.472 e. The molecule has 0 unspecified atom stereocenters. The quantitative estimate of drug-likeness (QED) is 0.0488. The van der Waals surface area contributed by atoms with E-state index in [1.807, 2.05) is 12.1 Å². The lowest BCUT2D eigenvalue weighted by atomic mass is 9.85. The fraction of sp³-hybridized carbons (Fsp3) is 0.781. The molecule has 1 saturated carbocycles. The minimum Gasteiger partial charge on any atom is -0.467 e. The van der Waals surface area contributed by atoms with E-state index in [2.05, 4.69) is 25.5 Å². The molecule has 252 valence electrons. The molecule has 0 radical (unpaired) electrons. The van der Waals surface area contributed by atoms with E-state index in [4.69, 9.17) is 24.0 Å². The summed E-state index contributed by atoms with van der Waals surface area (Å²) < 4.78 is 32.6. The molecule has 1 aromatic rings. The molecule has 1 aliphatic carbocycles. The number of esters is 1. The van der Waals surface area contributed by atoms with Crippen LogP contribution in [-0.2, 0) is 29.9 Å². The lowest BCUT2D eigenvalue weighted by Gasteiger charge is -2.29. The second kappa shape index (κ2) is 18.0. The average Bonchev–Trinajstić information content (AvgIpc) is 3.46. The first-order chi connectivity index (χ1) is 20.8. The van der Waals surface area contributed by atoms with Crippen LogP contribution in [0.4, 0.5) is 0 Å². The number of rotatable bonds is 21. The standard InChI is InChI=1S/C32H54NO10P/c1-4-5-6-9-25(34)14-17-28-29-20-27(43-31(29)21-30(28)35)10-7-8-11-32(36)40-19-18-33(2,3)22-24-12-15-26(16-13-24)41-23-42-44(37,38)39/h12-13,15-16,25,27-31,34-35H,4-11,14,17-23H2,1-3H3,(H-,37,38,39)/p+1/t25-,27+,28+,29+,30+,31-/m0/s1. The van der Waals surface area contributed by atoms with Gasteiger partial charge in [0.1, 0.15) is 25.4 Å². The van der Waals surface area contributed by atoms with Crippen molar-refractivity contribution < 1.29 is 52.6 Å². The van der Waals surface area contributed by atoms with Gasteiger partial charge in [0.15, 0.2) is 6.79 Å². The molecule has 1 aromatic carbocycles. The highest BCUT2D eigenvalue weighted by atomic mass is 31.2. The maximum atomic E-state index is 12.3. The number of aliphatic hydroxyl groups is 2. The van der Waals surface area contributed by atoms with Gasteiger partial charge in [-0.1, -0.05) is 32.6 Å². The predicted octanol–water partition coefficient (Wildman–Crippen LogP) is 4.69. The number of carbonyl (C=O) groups excluding carboxylic acids is 1. The Morgan fingerprint density at radius 1 is 1.07 bits per heavy atom. The summed E-state index contributed by atoms with van der Waals surface area (Å²) in [4.78, 5) is 29.8. The highest BCUT2D eigenvalue weighted by Crippen LogP contribution is 2.46. The molecule has 2 aliphatic rings. The molecule has 6 atom stereocenters. The highest BCUT2D eigenvalue weighted by molar-refractivity contribution is 7.46. The second-order valence-electron chi connectivity index (χ2n) is 13.2. The second-order valence-corrected chi connectivity index (χ2v) is 14.4. The van der Waals surface area contributed by atoms with E-state index in [1.54, 1.807) is 12.1 Å². The molecule has 0 bridgehead atoms. The molecule has 12 heteroatoms. The number of likely N-dealkylation sites (N-methyl/N-ethyl adjacent to an activating group) is 1. The first-order valence-corrected chi connectivity index (χ1v) is 17.8. The maximum absolute atomic E-state index is 12.3. The summed E-state index contributed by atoms with van der Waals surface area (Å²) in [6.07, 6.45) is 10.1. The third-order valence-corrected chi connectivity index (χ3v) is 9.41. The van der Waals surface area contributed by atoms with Gasteiger partial charge in [-0.3, -0.25) is 4.79 Å². The number of benzene rings is 1. The summed E-state index contributed by atoms with van der Waals surface area (Å²) in [5.74, 6) is 0.829. The number of unbranched alkanes of at least 4 members (excludes halogenated alkanes) is 3. The molecule has 1 saturated heterocycles. The zero-order chi connectivity index (χ0) is 32.2. The van der Waals surface area contributed by atoms with Crippen molar-refractivity contribution in [3.05, 3.63) is 29.8 Å². The number of fused-ring (bicyclic) bond motifs is 1. The number of phosphoric acid groups is 1. The Kier molecular flexibility index (Phi) is 15.1. The average molecular weight is 645 g/mol. The van der Waals surface area contributed by atoms with Crippen LogP contribution in [0.2, 0.25) is 0 Å². The third-order valence-electron chi connectivity index (χ3n) is 8.97. The zero-order valence-corrected chi connectivity index (χ0v) is 27.6. The molecule has 1 heterocycles. The lowest BCUT2D eigenvalue weighted by molar-refractivity contribution is -0.903. The monoisotopic (exact) mass is 644 g/mol. The van der Waals surface area contributed by atoms with Gasteiger partial charge in [0, 0.05) is 18.4 Å². The molecule has 0 spiro atoms. The Morgan fingerprint density at radius 3 is 2.52 bits per heavy atom. The van der Waals surface area contributed by atoms with Gasteiger partial charge < -0.3 is 38.7 Å². The fourth-order valence-electron chi connectivity index (χ4n) is 6.54. The van der Waals surface area contributed by atoms with Crippen molar-refractivity contribution in [3.63, 3.8) is 0 Å². The van der Waals surface area contributed by atoms with Crippen LogP contribution in [0.25, 0.3) is 0 Å². The van der Waals surface area contributed by atoms with Crippen molar-refractivity contribution in [1.29, 1.82) is 0 Å². The van der Waals surface area contributed by atoms with E-state index in [-0.39, 0.29) is 36.3 Å². The van der Waals surface area contributed by atoms with Crippen LogP contribution in [0.5, 0.6) is 5.75 Å². The minimum absolute atomic E-state index is 0.116. The van der Waals surface area contributed by atoms with Crippen molar-refractivity contribution in [2.45, 2.75) is 115 Å². The van der Waals surface area contributed by atoms with Crippen LogP contribution in [0, 0.1) is 11.8 Å². The Hall–Kier alpha value is -1.56. The van der Waals surface area contributed by atoms with E-state index in [0.717, 1.165) is 69.8 Å². The van der Waals surface area contributed by atoms with E-state index in [1.165, 1.54) is 0 Å². The van der Waals surface area contributed by atoms with E-state index < -0.39 is 14.6 Å². The SMILES string of the molecule is CCCCC[C@H](O)CC[C@@H]1[C@H]2C[C@@H](CCCCC(=O)OCC[N+](C)(C)Cc3ccc(OCOP(=O)(O)O)cc3)O[C@H]2C[C@H]1O. The lowest BCUT2D eigenvalue weighted by Crippen LogP contribution is -2.41. The van der Waals surface area contributed by atoms with Crippen molar-refractivity contribution >= 4 is 13.8 Å². The molecule has 2 fully saturated rings. The van der Waals surface area contributed by atoms with Gasteiger partial charge in [-0.2, -0.15) is 0 Å². The van der Waals surface area contributed by atoms with Gasteiger partial charge in [-0.15, -0.1) is 0 Å². The van der Waals surface area contributed by atoms with Crippen LogP contribution in [0.15, 0.2) is 24.3 Å². The Bertz CT molecular complexity index is 1030. The van der Waals surface area contributed by atoms with Crippen LogP contribution in [0.1, 0.15) is 89.5 Å². The van der Waals surface area contributed by atoms with Crippen molar-refractivity contribution in [1.82, 2.24) is 0 Å². The van der Waals surface area contributed by atoms with Crippen molar-refractivity contribution in [2.75, 3.05) is 34.0 Å². The van der Waals surface area contributed by atoms with Gasteiger partial charge in [0.2, 0.25) is 0 Å². The molecule has 0 amide bonds. The van der Waals surface area contributed by atoms with Crippen LogP contribution in [0.3, 0.4) is 0 Å².